The van der Waals surface area contributed by atoms with E-state index in [0.717, 1.165) is 26.9 Å². The van der Waals surface area contributed by atoms with Crippen LogP contribution in [0.1, 0.15) is 5.01 Å². The second kappa shape index (κ2) is 5.55. The van der Waals surface area contributed by atoms with Gasteiger partial charge in [-0.05, 0) is 18.2 Å². The van der Waals surface area contributed by atoms with E-state index < -0.39 is 12.5 Å². The van der Waals surface area contributed by atoms with Crippen LogP contribution in [-0.2, 0) is 9.59 Å². The molecule has 3 rings (SSSR count). The predicted octanol–water partition coefficient (Wildman–Crippen LogP) is 2.58. The number of thiocarbonyl (C=S) groups is 1. The molecule has 1 saturated heterocycles. The minimum absolute atomic E-state index is 0.259. The number of hydrogen-bond acceptors (Lipinski definition) is 6. The van der Waals surface area contributed by atoms with Crippen molar-refractivity contribution in [2.24, 2.45) is 0 Å². The highest BCUT2D eigenvalue weighted by Crippen LogP contribution is 2.33. The number of carboxylic acids is 1. The molecule has 0 aliphatic carbocycles. The first kappa shape index (κ1) is 14.2. The number of thioether (sulfide) groups is 1. The minimum Gasteiger partial charge on any atom is -0.480 e. The van der Waals surface area contributed by atoms with Gasteiger partial charge in [-0.2, -0.15) is 0 Å². The van der Waals surface area contributed by atoms with Gasteiger partial charge in [-0.1, -0.05) is 36.1 Å². The highest BCUT2D eigenvalue weighted by Gasteiger charge is 2.33. The van der Waals surface area contributed by atoms with Crippen LogP contribution in [0.5, 0.6) is 0 Å². The Morgan fingerprint density at radius 1 is 1.43 bits per heavy atom. The van der Waals surface area contributed by atoms with Gasteiger partial charge in [0.05, 0.1) is 15.1 Å². The van der Waals surface area contributed by atoms with Crippen LogP contribution in [-0.4, -0.2) is 37.7 Å². The molecule has 21 heavy (non-hydrogen) atoms. The second-order valence-corrected chi connectivity index (χ2v) is 6.92. The van der Waals surface area contributed by atoms with Crippen LogP contribution in [0.2, 0.25) is 0 Å². The topological polar surface area (TPSA) is 70.5 Å². The Bertz CT molecular complexity index is 764. The summed E-state index contributed by atoms with van der Waals surface area (Å²) >= 11 is 7.61. The number of fused-ring (bicyclic) bond motifs is 1. The normalized spacial score (nSPS) is 17.1. The molecule has 0 atom stereocenters. The number of carbonyl (C=O) groups excluding carboxylic acids is 1. The van der Waals surface area contributed by atoms with Gasteiger partial charge in [0.25, 0.3) is 5.91 Å². The van der Waals surface area contributed by atoms with Crippen molar-refractivity contribution >= 4 is 67.8 Å². The Balaban J connectivity index is 1.91. The van der Waals surface area contributed by atoms with E-state index in [1.54, 1.807) is 6.08 Å². The Kier molecular flexibility index (Phi) is 3.75. The maximum atomic E-state index is 12.1. The molecule has 0 spiro atoms. The van der Waals surface area contributed by atoms with Crippen molar-refractivity contribution in [1.82, 2.24) is 9.88 Å². The number of nitrogens with zero attached hydrogens (tertiary/aromatic N) is 2. The summed E-state index contributed by atoms with van der Waals surface area (Å²) in [4.78, 5) is 28.8. The maximum absolute atomic E-state index is 12.1. The fourth-order valence-corrected chi connectivity index (χ4v) is 4.05. The summed E-state index contributed by atoms with van der Waals surface area (Å²) in [5.41, 5.74) is 0.870. The van der Waals surface area contributed by atoms with Crippen LogP contribution >= 0.6 is 35.3 Å². The molecule has 1 aliphatic heterocycles. The molecule has 2 aromatic rings. The number of para-hydroxylation sites is 1. The van der Waals surface area contributed by atoms with Gasteiger partial charge in [0.15, 0.2) is 0 Å². The zero-order chi connectivity index (χ0) is 15.0. The molecular weight excluding hydrogens is 328 g/mol. The zero-order valence-electron chi connectivity index (χ0n) is 10.5. The summed E-state index contributed by atoms with van der Waals surface area (Å²) in [6, 6.07) is 7.69. The highest BCUT2D eigenvalue weighted by atomic mass is 32.2. The fourth-order valence-electron chi connectivity index (χ4n) is 1.84. The lowest BCUT2D eigenvalue weighted by molar-refractivity contribution is -0.140. The van der Waals surface area contributed by atoms with E-state index in [-0.39, 0.29) is 10.2 Å². The van der Waals surface area contributed by atoms with Crippen LogP contribution in [0.25, 0.3) is 16.3 Å². The smallest absolute Gasteiger partial charge is 0.323 e. The van der Waals surface area contributed by atoms with E-state index in [2.05, 4.69) is 4.98 Å². The lowest BCUT2D eigenvalue weighted by atomic mass is 10.3. The summed E-state index contributed by atoms with van der Waals surface area (Å²) in [6.07, 6.45) is 1.66. The minimum atomic E-state index is -1.09. The van der Waals surface area contributed by atoms with Gasteiger partial charge in [-0.3, -0.25) is 14.5 Å². The van der Waals surface area contributed by atoms with Crippen LogP contribution in [0.4, 0.5) is 0 Å². The van der Waals surface area contributed by atoms with Gasteiger partial charge in [0.2, 0.25) is 0 Å². The van der Waals surface area contributed by atoms with Gasteiger partial charge in [-0.15, -0.1) is 11.3 Å². The molecule has 8 heteroatoms. The molecule has 0 radical (unpaired) electrons. The highest BCUT2D eigenvalue weighted by molar-refractivity contribution is 8.26. The molecule has 1 aromatic heterocycles. The van der Waals surface area contributed by atoms with Crippen LogP contribution in [0, 0.1) is 0 Å². The third-order valence-corrected chi connectivity index (χ3v) is 5.09. The Labute approximate surface area is 133 Å². The van der Waals surface area contributed by atoms with Crippen molar-refractivity contribution in [2.45, 2.75) is 0 Å². The number of aliphatic carboxylic acids is 1. The summed E-state index contributed by atoms with van der Waals surface area (Å²) in [5, 5.41) is 9.49. The number of amides is 1. The van der Waals surface area contributed by atoms with Crippen LogP contribution in [0.15, 0.2) is 29.2 Å². The van der Waals surface area contributed by atoms with E-state index in [9.17, 15) is 9.59 Å². The molecule has 0 saturated carbocycles. The van der Waals surface area contributed by atoms with E-state index in [1.165, 1.54) is 11.3 Å². The third kappa shape index (κ3) is 2.82. The Morgan fingerprint density at radius 3 is 2.90 bits per heavy atom. The van der Waals surface area contributed by atoms with Crippen molar-refractivity contribution in [3.05, 3.63) is 34.2 Å². The SMILES string of the molecule is O=C(O)CN1C(=O)/C(=C/c2nc3ccccc3s2)SC1=S. The first-order valence-corrected chi connectivity index (χ1v) is 7.91. The van der Waals surface area contributed by atoms with Gasteiger partial charge < -0.3 is 5.11 Å². The Hall–Kier alpha value is -1.77. The molecular formula is C13H8N2O3S3. The average molecular weight is 336 g/mol. The quantitative estimate of drug-likeness (QED) is 0.686. The Morgan fingerprint density at radius 2 is 2.19 bits per heavy atom. The van der Waals surface area contributed by atoms with Gasteiger partial charge in [-0.25, -0.2) is 4.98 Å². The molecule has 106 valence electrons. The molecule has 1 aliphatic rings. The number of carboxylic acid groups (broad SMARTS) is 1. The lowest BCUT2D eigenvalue weighted by Gasteiger charge is -2.09. The lowest BCUT2D eigenvalue weighted by Crippen LogP contribution is -2.33. The summed E-state index contributed by atoms with van der Waals surface area (Å²) < 4.78 is 1.29. The second-order valence-electron chi connectivity index (χ2n) is 4.18. The van der Waals surface area contributed by atoms with Gasteiger partial charge >= 0.3 is 5.97 Å². The van der Waals surface area contributed by atoms with E-state index in [4.69, 9.17) is 17.3 Å². The molecule has 1 aromatic carbocycles. The average Bonchev–Trinajstić information content (AvgIpc) is 2.94. The zero-order valence-corrected chi connectivity index (χ0v) is 12.9. The van der Waals surface area contributed by atoms with Crippen molar-refractivity contribution in [2.75, 3.05) is 6.54 Å². The maximum Gasteiger partial charge on any atom is 0.323 e. The number of carbonyl (C=O) groups is 2. The molecule has 5 nitrogen and oxygen atoms in total. The summed E-state index contributed by atoms with van der Waals surface area (Å²) in [7, 11) is 0. The van der Waals surface area contributed by atoms with E-state index in [1.807, 2.05) is 24.3 Å². The van der Waals surface area contributed by atoms with Crippen molar-refractivity contribution in [1.29, 1.82) is 0 Å². The van der Waals surface area contributed by atoms with Crippen LogP contribution in [0.3, 0.4) is 0 Å². The number of hydrogen-bond donors (Lipinski definition) is 1. The first-order chi connectivity index (χ1) is 10.0. The molecule has 1 N–H and O–H groups in total. The summed E-state index contributed by atoms with van der Waals surface area (Å²) in [6.45, 7) is -0.415. The number of aromatic nitrogens is 1. The van der Waals surface area contributed by atoms with Gasteiger partial charge in [0.1, 0.15) is 15.9 Å². The van der Waals surface area contributed by atoms with Crippen molar-refractivity contribution in [3.8, 4) is 0 Å². The van der Waals surface area contributed by atoms with E-state index in [0.29, 0.717) is 9.91 Å². The first-order valence-electron chi connectivity index (χ1n) is 5.87. The largest absolute Gasteiger partial charge is 0.480 e. The third-order valence-electron chi connectivity index (χ3n) is 2.73. The van der Waals surface area contributed by atoms with Gasteiger partial charge in [0, 0.05) is 0 Å². The fraction of sp³-hybridized carbons (Fsp3) is 0.0769. The summed E-state index contributed by atoms with van der Waals surface area (Å²) in [5.74, 6) is -1.47. The van der Waals surface area contributed by atoms with Crippen molar-refractivity contribution < 1.29 is 14.7 Å². The molecule has 0 bridgehead atoms. The molecule has 0 unspecified atom stereocenters. The monoisotopic (exact) mass is 336 g/mol. The number of rotatable bonds is 3. The standard InChI is InChI=1S/C13H8N2O3S3/c16-11(17)6-15-12(18)9(21-13(15)19)5-10-14-7-3-1-2-4-8(7)20-10/h1-5H,6H2,(H,16,17)/b9-5-. The van der Waals surface area contributed by atoms with Crippen molar-refractivity contribution in [3.63, 3.8) is 0 Å². The van der Waals surface area contributed by atoms with E-state index >= 15 is 0 Å². The predicted molar refractivity (Wildman–Crippen MR) is 87.1 cm³/mol. The number of benzene rings is 1. The molecule has 2 heterocycles. The number of thiazole rings is 1. The molecule has 1 fully saturated rings. The molecule has 1 amide bonds. The van der Waals surface area contributed by atoms with Crippen LogP contribution < -0.4 is 0 Å².